The Morgan fingerprint density at radius 3 is 2.52 bits per heavy atom. The average Bonchev–Trinajstić information content (AvgIpc) is 3.02. The minimum absolute atomic E-state index is 0.133. The molecule has 7 nitrogen and oxygen atoms in total. The van der Waals surface area contributed by atoms with Crippen LogP contribution in [0.25, 0.3) is 0 Å². The zero-order valence-electron chi connectivity index (χ0n) is 14.8. The second kappa shape index (κ2) is 6.38. The van der Waals surface area contributed by atoms with E-state index >= 15 is 0 Å². The summed E-state index contributed by atoms with van der Waals surface area (Å²) in [4.78, 5) is 39.9. The number of amides is 4. The van der Waals surface area contributed by atoms with Gasteiger partial charge in [0, 0.05) is 6.54 Å². The van der Waals surface area contributed by atoms with Crippen LogP contribution in [0.5, 0.6) is 0 Å². The molecule has 1 aromatic rings. The predicted molar refractivity (Wildman–Crippen MR) is 90.2 cm³/mol. The molecule has 0 radical (unpaired) electrons. The van der Waals surface area contributed by atoms with E-state index in [1.807, 2.05) is 30.3 Å². The van der Waals surface area contributed by atoms with Crippen molar-refractivity contribution >= 4 is 18.0 Å². The second-order valence-corrected chi connectivity index (χ2v) is 7.31. The lowest BCUT2D eigenvalue weighted by atomic mass is 10.1. The maximum absolute atomic E-state index is 12.9. The van der Waals surface area contributed by atoms with Gasteiger partial charge in [0.15, 0.2) is 0 Å². The maximum Gasteiger partial charge on any atom is 0.436 e. The van der Waals surface area contributed by atoms with Crippen molar-refractivity contribution in [3.8, 4) is 0 Å². The Hall–Kier alpha value is -2.57. The third-order valence-corrected chi connectivity index (χ3v) is 4.20. The molecule has 0 N–H and O–H groups in total. The first-order valence-corrected chi connectivity index (χ1v) is 8.47. The van der Waals surface area contributed by atoms with E-state index in [4.69, 9.17) is 4.74 Å². The molecule has 0 aliphatic carbocycles. The van der Waals surface area contributed by atoms with Crippen LogP contribution in [-0.2, 0) is 16.1 Å². The number of ether oxygens (including phenoxy) is 1. The molecule has 2 aliphatic rings. The van der Waals surface area contributed by atoms with Crippen LogP contribution in [0.15, 0.2) is 30.3 Å². The molecule has 0 aromatic heterocycles. The van der Waals surface area contributed by atoms with E-state index in [1.165, 1.54) is 5.01 Å². The van der Waals surface area contributed by atoms with Crippen LogP contribution in [0, 0.1) is 0 Å². The third-order valence-electron chi connectivity index (χ3n) is 4.20. The fraction of sp³-hybridized carbons (Fsp3) is 0.500. The SMILES string of the molecule is CC(C)(C)OC(=O)N1C(=O)[C@@H]2CCCN2C(=O)N1Cc1ccccc1. The second-order valence-electron chi connectivity index (χ2n) is 7.31. The minimum Gasteiger partial charge on any atom is -0.442 e. The Balaban J connectivity index is 1.92. The number of rotatable bonds is 2. The van der Waals surface area contributed by atoms with Crippen LogP contribution in [0.4, 0.5) is 9.59 Å². The number of benzene rings is 1. The van der Waals surface area contributed by atoms with E-state index in [1.54, 1.807) is 25.7 Å². The summed E-state index contributed by atoms with van der Waals surface area (Å²) in [6.45, 7) is 5.84. The van der Waals surface area contributed by atoms with Gasteiger partial charge in [-0.15, -0.1) is 5.01 Å². The summed E-state index contributed by atoms with van der Waals surface area (Å²) in [5.74, 6) is -0.401. The number of fused-ring (bicyclic) bond motifs is 1. The lowest BCUT2D eigenvalue weighted by molar-refractivity contribution is -0.154. The summed E-state index contributed by atoms with van der Waals surface area (Å²) in [7, 11) is 0. The van der Waals surface area contributed by atoms with Gasteiger partial charge in [0.1, 0.15) is 11.6 Å². The van der Waals surface area contributed by atoms with Crippen LogP contribution >= 0.6 is 0 Å². The first-order chi connectivity index (χ1) is 11.8. The Kier molecular flexibility index (Phi) is 4.41. The molecule has 1 aromatic carbocycles. The van der Waals surface area contributed by atoms with Gasteiger partial charge in [0.05, 0.1) is 6.54 Å². The fourth-order valence-electron chi connectivity index (χ4n) is 3.13. The van der Waals surface area contributed by atoms with Crippen LogP contribution < -0.4 is 0 Å². The van der Waals surface area contributed by atoms with Crippen molar-refractivity contribution < 1.29 is 19.1 Å². The van der Waals surface area contributed by atoms with Crippen molar-refractivity contribution in [2.45, 2.75) is 51.8 Å². The first kappa shape index (κ1) is 17.3. The molecule has 0 unspecified atom stereocenters. The molecule has 134 valence electrons. The number of imide groups is 1. The maximum atomic E-state index is 12.9. The summed E-state index contributed by atoms with van der Waals surface area (Å²) in [5.41, 5.74) is 0.0703. The number of carbonyl (C=O) groups is 3. The largest absolute Gasteiger partial charge is 0.442 e. The molecule has 0 saturated carbocycles. The Morgan fingerprint density at radius 1 is 1.20 bits per heavy atom. The van der Waals surface area contributed by atoms with E-state index < -0.39 is 23.6 Å². The number of hydrogen-bond acceptors (Lipinski definition) is 4. The number of urea groups is 1. The quantitative estimate of drug-likeness (QED) is 0.826. The lowest BCUT2D eigenvalue weighted by Crippen LogP contribution is -2.66. The highest BCUT2D eigenvalue weighted by atomic mass is 16.6. The topological polar surface area (TPSA) is 70.2 Å². The van der Waals surface area contributed by atoms with Gasteiger partial charge in [-0.1, -0.05) is 30.3 Å². The van der Waals surface area contributed by atoms with Gasteiger partial charge in [-0.05, 0) is 39.2 Å². The summed E-state index contributed by atoms with van der Waals surface area (Å²) >= 11 is 0. The van der Waals surface area contributed by atoms with E-state index in [9.17, 15) is 14.4 Å². The Bertz CT molecular complexity index is 683. The van der Waals surface area contributed by atoms with Gasteiger partial charge in [0.2, 0.25) is 0 Å². The molecule has 2 heterocycles. The van der Waals surface area contributed by atoms with Gasteiger partial charge >= 0.3 is 12.1 Å². The molecule has 4 amide bonds. The van der Waals surface area contributed by atoms with Crippen molar-refractivity contribution in [2.24, 2.45) is 0 Å². The number of carbonyl (C=O) groups excluding carboxylic acids is 3. The molecule has 1 atom stereocenters. The summed E-state index contributed by atoms with van der Waals surface area (Å²) < 4.78 is 5.37. The van der Waals surface area contributed by atoms with Crippen LogP contribution in [-0.4, -0.2) is 51.1 Å². The smallest absolute Gasteiger partial charge is 0.436 e. The van der Waals surface area contributed by atoms with Crippen molar-refractivity contribution in [3.63, 3.8) is 0 Å². The van der Waals surface area contributed by atoms with Crippen molar-refractivity contribution in [2.75, 3.05) is 6.54 Å². The van der Waals surface area contributed by atoms with E-state index in [-0.39, 0.29) is 12.6 Å². The molecule has 25 heavy (non-hydrogen) atoms. The summed E-state index contributed by atoms with van der Waals surface area (Å²) in [5, 5.41) is 2.07. The van der Waals surface area contributed by atoms with Crippen molar-refractivity contribution in [1.82, 2.24) is 14.9 Å². The van der Waals surface area contributed by atoms with E-state index in [2.05, 4.69) is 0 Å². The lowest BCUT2D eigenvalue weighted by Gasteiger charge is -2.43. The summed E-state index contributed by atoms with van der Waals surface area (Å²) in [6.07, 6.45) is 0.514. The van der Waals surface area contributed by atoms with Crippen molar-refractivity contribution in [1.29, 1.82) is 0 Å². The summed E-state index contributed by atoms with van der Waals surface area (Å²) in [6, 6.07) is 8.35. The van der Waals surface area contributed by atoms with Gasteiger partial charge in [-0.2, -0.15) is 0 Å². The van der Waals surface area contributed by atoms with E-state index in [0.29, 0.717) is 13.0 Å². The number of hydrogen-bond donors (Lipinski definition) is 0. The minimum atomic E-state index is -0.812. The average molecular weight is 345 g/mol. The normalized spacial score (nSPS) is 20.8. The Morgan fingerprint density at radius 2 is 1.88 bits per heavy atom. The molecular weight excluding hydrogens is 322 g/mol. The molecule has 2 aliphatic heterocycles. The fourth-order valence-corrected chi connectivity index (χ4v) is 3.13. The third kappa shape index (κ3) is 3.45. The molecule has 7 heteroatoms. The number of hydrazine groups is 1. The first-order valence-electron chi connectivity index (χ1n) is 8.47. The van der Waals surface area contributed by atoms with Gasteiger partial charge < -0.3 is 9.64 Å². The Labute approximate surface area is 147 Å². The highest BCUT2D eigenvalue weighted by molar-refractivity contribution is 6.01. The van der Waals surface area contributed by atoms with Gasteiger partial charge in [-0.3, -0.25) is 4.79 Å². The molecule has 2 saturated heterocycles. The standard InChI is InChI=1S/C18H23N3O4/c1-18(2,3)25-17(24)21-15(22)14-10-7-11-19(14)16(23)20(21)12-13-8-5-4-6-9-13/h4-6,8-9,14H,7,10-12H2,1-3H3/t14-/m0/s1. The molecular formula is C18H23N3O4. The predicted octanol–water partition coefficient (Wildman–Crippen LogP) is 2.77. The van der Waals surface area contributed by atoms with Crippen LogP contribution in [0.3, 0.4) is 0 Å². The molecule has 0 spiro atoms. The molecule has 3 rings (SSSR count). The molecule has 0 bridgehead atoms. The van der Waals surface area contributed by atoms with Gasteiger partial charge in [-0.25, -0.2) is 14.6 Å². The highest BCUT2D eigenvalue weighted by Crippen LogP contribution is 2.29. The van der Waals surface area contributed by atoms with Crippen LogP contribution in [0.2, 0.25) is 0 Å². The monoisotopic (exact) mass is 345 g/mol. The highest BCUT2D eigenvalue weighted by Gasteiger charge is 2.50. The molecule has 2 fully saturated rings. The van der Waals surface area contributed by atoms with Crippen LogP contribution in [0.1, 0.15) is 39.2 Å². The number of nitrogens with zero attached hydrogens (tertiary/aromatic N) is 3. The zero-order chi connectivity index (χ0) is 18.2. The van der Waals surface area contributed by atoms with Crippen molar-refractivity contribution in [3.05, 3.63) is 35.9 Å². The van der Waals surface area contributed by atoms with E-state index in [0.717, 1.165) is 17.0 Å². The van der Waals surface area contributed by atoms with Gasteiger partial charge in [0.25, 0.3) is 5.91 Å². The zero-order valence-corrected chi connectivity index (χ0v) is 14.8.